The van der Waals surface area contributed by atoms with Gasteiger partial charge in [0.05, 0.1) is 12.1 Å². The highest BCUT2D eigenvalue weighted by Gasteiger charge is 2.34. The maximum absolute atomic E-state index is 11.8. The Morgan fingerprint density at radius 1 is 1.53 bits per heavy atom. The average molecular weight is 215 g/mol. The molecule has 0 spiro atoms. The minimum Gasteiger partial charge on any atom is -0.444 e. The van der Waals surface area contributed by atoms with Crippen molar-refractivity contribution in [3.63, 3.8) is 0 Å². The van der Waals surface area contributed by atoms with E-state index < -0.39 is 11.7 Å². The Balaban J connectivity index is 2.59. The Morgan fingerprint density at radius 3 is 2.60 bits per heavy atom. The molecule has 1 heterocycles. The van der Waals surface area contributed by atoms with E-state index in [0.29, 0.717) is 6.54 Å². The number of aliphatic hydroxyl groups excluding tert-OH is 1. The average Bonchev–Trinajstić information content (AvgIpc) is 2.47. The molecule has 2 atom stereocenters. The first-order chi connectivity index (χ1) is 6.81. The molecule has 0 radical (unpaired) electrons. The maximum Gasteiger partial charge on any atom is 0.410 e. The summed E-state index contributed by atoms with van der Waals surface area (Å²) in [6, 6.07) is -0.0835. The summed E-state index contributed by atoms with van der Waals surface area (Å²) in [6.07, 6.45) is 0.997. The lowest BCUT2D eigenvalue weighted by atomic mass is 10.1. The van der Waals surface area contributed by atoms with Gasteiger partial charge in [0.1, 0.15) is 5.60 Å². The van der Waals surface area contributed by atoms with Crippen LogP contribution in [0.3, 0.4) is 0 Å². The zero-order valence-corrected chi connectivity index (χ0v) is 9.99. The molecule has 1 saturated heterocycles. The van der Waals surface area contributed by atoms with E-state index in [1.54, 1.807) is 11.8 Å². The van der Waals surface area contributed by atoms with Gasteiger partial charge in [0.2, 0.25) is 0 Å². The molecule has 1 N–H and O–H groups in total. The molecule has 0 bridgehead atoms. The van der Waals surface area contributed by atoms with Gasteiger partial charge >= 0.3 is 6.09 Å². The predicted molar refractivity (Wildman–Crippen MR) is 57.6 cm³/mol. The van der Waals surface area contributed by atoms with Gasteiger partial charge in [-0.3, -0.25) is 0 Å². The molecule has 88 valence electrons. The molecule has 4 heteroatoms. The molecular weight excluding hydrogens is 194 g/mol. The first-order valence-corrected chi connectivity index (χ1v) is 5.49. The number of hydrogen-bond acceptors (Lipinski definition) is 3. The summed E-state index contributed by atoms with van der Waals surface area (Å²) in [7, 11) is 0. The molecule has 4 nitrogen and oxygen atoms in total. The third-order valence-corrected chi connectivity index (χ3v) is 2.48. The van der Waals surface area contributed by atoms with Gasteiger partial charge in [-0.2, -0.15) is 0 Å². The van der Waals surface area contributed by atoms with Crippen molar-refractivity contribution in [3.8, 4) is 0 Å². The van der Waals surface area contributed by atoms with Crippen LogP contribution in [0, 0.1) is 0 Å². The Bertz CT molecular complexity index is 232. The predicted octanol–water partition coefficient (Wildman–Crippen LogP) is 1.77. The van der Waals surface area contributed by atoms with E-state index in [-0.39, 0.29) is 12.1 Å². The molecule has 0 saturated carbocycles. The van der Waals surface area contributed by atoms with Gasteiger partial charge in [-0.05, 0) is 40.5 Å². The molecule has 0 aliphatic carbocycles. The van der Waals surface area contributed by atoms with Crippen LogP contribution in [0.1, 0.15) is 40.5 Å². The summed E-state index contributed by atoms with van der Waals surface area (Å²) in [5.74, 6) is 0. The highest BCUT2D eigenvalue weighted by atomic mass is 16.6. The van der Waals surface area contributed by atoms with Gasteiger partial charge < -0.3 is 14.7 Å². The summed E-state index contributed by atoms with van der Waals surface area (Å²) in [5.41, 5.74) is -0.469. The summed E-state index contributed by atoms with van der Waals surface area (Å²) in [4.78, 5) is 13.4. The number of carbonyl (C=O) groups is 1. The van der Waals surface area contributed by atoms with E-state index in [0.717, 1.165) is 12.8 Å². The monoisotopic (exact) mass is 215 g/mol. The highest BCUT2D eigenvalue weighted by Crippen LogP contribution is 2.22. The zero-order chi connectivity index (χ0) is 11.6. The quantitative estimate of drug-likeness (QED) is 0.725. The fourth-order valence-electron chi connectivity index (χ4n) is 1.84. The van der Waals surface area contributed by atoms with Crippen molar-refractivity contribution < 1.29 is 14.6 Å². The molecule has 1 amide bonds. The second kappa shape index (κ2) is 4.39. The fraction of sp³-hybridized carbons (Fsp3) is 0.909. The lowest BCUT2D eigenvalue weighted by Crippen LogP contribution is -2.44. The van der Waals surface area contributed by atoms with Crippen molar-refractivity contribution in [3.05, 3.63) is 0 Å². The van der Waals surface area contributed by atoms with Crippen LogP contribution in [-0.4, -0.2) is 40.4 Å². The van der Waals surface area contributed by atoms with Gasteiger partial charge in [0.25, 0.3) is 0 Å². The smallest absolute Gasteiger partial charge is 0.410 e. The van der Waals surface area contributed by atoms with Gasteiger partial charge in [-0.25, -0.2) is 4.79 Å². The molecule has 1 fully saturated rings. The van der Waals surface area contributed by atoms with Crippen molar-refractivity contribution in [1.82, 2.24) is 4.90 Å². The second-order valence-corrected chi connectivity index (χ2v) is 5.12. The van der Waals surface area contributed by atoms with Crippen molar-refractivity contribution in [2.45, 2.75) is 58.3 Å². The van der Waals surface area contributed by atoms with Crippen molar-refractivity contribution in [1.29, 1.82) is 0 Å². The molecular formula is C11H21NO3. The molecule has 1 aliphatic rings. The third-order valence-electron chi connectivity index (χ3n) is 2.48. The van der Waals surface area contributed by atoms with E-state index in [1.807, 2.05) is 20.8 Å². The molecule has 15 heavy (non-hydrogen) atoms. The lowest BCUT2D eigenvalue weighted by Gasteiger charge is -2.29. The van der Waals surface area contributed by atoms with E-state index in [4.69, 9.17) is 4.74 Å². The fourth-order valence-corrected chi connectivity index (χ4v) is 1.84. The molecule has 0 aromatic heterocycles. The summed E-state index contributed by atoms with van der Waals surface area (Å²) in [5, 5.41) is 9.52. The number of amides is 1. The van der Waals surface area contributed by atoms with Crippen LogP contribution in [-0.2, 0) is 4.74 Å². The van der Waals surface area contributed by atoms with E-state index >= 15 is 0 Å². The van der Waals surface area contributed by atoms with Crippen LogP contribution in [0.5, 0.6) is 0 Å². The van der Waals surface area contributed by atoms with Gasteiger partial charge in [0, 0.05) is 6.54 Å². The van der Waals surface area contributed by atoms with Gasteiger partial charge in [-0.1, -0.05) is 0 Å². The molecule has 0 aromatic rings. The van der Waals surface area contributed by atoms with E-state index in [9.17, 15) is 9.90 Å². The van der Waals surface area contributed by atoms with Crippen LogP contribution in [0.2, 0.25) is 0 Å². The number of rotatable bonds is 1. The second-order valence-electron chi connectivity index (χ2n) is 5.12. The standard InChI is InChI=1S/C11H21NO3/c1-8(13)9-6-5-7-12(9)10(14)15-11(2,3)4/h8-9,13H,5-7H2,1-4H3. The summed E-state index contributed by atoms with van der Waals surface area (Å²) < 4.78 is 5.28. The first-order valence-electron chi connectivity index (χ1n) is 5.49. The molecule has 0 aromatic carbocycles. The van der Waals surface area contributed by atoms with Crippen molar-refractivity contribution >= 4 is 6.09 Å². The van der Waals surface area contributed by atoms with E-state index in [2.05, 4.69) is 0 Å². The summed E-state index contributed by atoms with van der Waals surface area (Å²) in [6.45, 7) is 7.94. The minimum absolute atomic E-state index is 0.0835. The summed E-state index contributed by atoms with van der Waals surface area (Å²) >= 11 is 0. The normalized spacial score (nSPS) is 24.1. The van der Waals surface area contributed by atoms with Crippen LogP contribution in [0.25, 0.3) is 0 Å². The Hall–Kier alpha value is -0.770. The highest BCUT2D eigenvalue weighted by molar-refractivity contribution is 5.69. The zero-order valence-electron chi connectivity index (χ0n) is 9.99. The maximum atomic E-state index is 11.8. The number of ether oxygens (including phenoxy) is 1. The van der Waals surface area contributed by atoms with E-state index in [1.165, 1.54) is 0 Å². The van der Waals surface area contributed by atoms with Gasteiger partial charge in [-0.15, -0.1) is 0 Å². The number of carbonyl (C=O) groups excluding carboxylic acids is 1. The Kier molecular flexibility index (Phi) is 3.60. The van der Waals surface area contributed by atoms with Gasteiger partial charge in [0.15, 0.2) is 0 Å². The van der Waals surface area contributed by atoms with Crippen LogP contribution < -0.4 is 0 Å². The SMILES string of the molecule is CC(O)C1CCCN1C(=O)OC(C)(C)C. The van der Waals surface area contributed by atoms with Crippen LogP contribution in [0.15, 0.2) is 0 Å². The Morgan fingerprint density at radius 2 is 2.13 bits per heavy atom. The van der Waals surface area contributed by atoms with Crippen molar-refractivity contribution in [2.24, 2.45) is 0 Å². The topological polar surface area (TPSA) is 49.8 Å². The molecule has 1 rings (SSSR count). The number of nitrogens with zero attached hydrogens (tertiary/aromatic N) is 1. The molecule has 1 aliphatic heterocycles. The first kappa shape index (κ1) is 12.3. The van der Waals surface area contributed by atoms with Crippen LogP contribution >= 0.6 is 0 Å². The number of likely N-dealkylation sites (tertiary alicyclic amines) is 1. The lowest BCUT2D eigenvalue weighted by molar-refractivity contribution is 0.00801. The van der Waals surface area contributed by atoms with Crippen LogP contribution in [0.4, 0.5) is 4.79 Å². The van der Waals surface area contributed by atoms with Crippen molar-refractivity contribution in [2.75, 3.05) is 6.54 Å². The molecule has 2 unspecified atom stereocenters. The number of aliphatic hydroxyl groups is 1. The largest absolute Gasteiger partial charge is 0.444 e. The minimum atomic E-state index is -0.486. The number of hydrogen-bond donors (Lipinski definition) is 1. The Labute approximate surface area is 91.2 Å². The third kappa shape index (κ3) is 3.38.